The summed E-state index contributed by atoms with van der Waals surface area (Å²) < 4.78 is 0. The lowest BCUT2D eigenvalue weighted by Gasteiger charge is -2.11. The molecule has 2 atom stereocenters. The lowest BCUT2D eigenvalue weighted by molar-refractivity contribution is 0.0947. The average molecular weight is 234 g/mol. The number of carbonyl (C=O) groups is 1. The molecule has 0 aromatic heterocycles. The summed E-state index contributed by atoms with van der Waals surface area (Å²) in [6.07, 6.45) is 3.15. The minimum atomic E-state index is -0.0922. The molecule has 1 fully saturated rings. The number of nitrogens with one attached hydrogen (secondary N) is 1. The van der Waals surface area contributed by atoms with Crippen molar-refractivity contribution in [1.29, 1.82) is 0 Å². The van der Waals surface area contributed by atoms with Gasteiger partial charge in [-0.05, 0) is 49.4 Å². The van der Waals surface area contributed by atoms with Crippen molar-refractivity contribution in [2.24, 2.45) is 11.7 Å². The molecule has 0 bridgehead atoms. The van der Waals surface area contributed by atoms with E-state index in [0.717, 1.165) is 19.3 Å². The largest absolute Gasteiger partial charge is 0.508 e. The maximum Gasteiger partial charge on any atom is 0.251 e. The van der Waals surface area contributed by atoms with E-state index in [2.05, 4.69) is 5.32 Å². The molecule has 0 aliphatic heterocycles. The van der Waals surface area contributed by atoms with Gasteiger partial charge in [0.1, 0.15) is 5.75 Å². The summed E-state index contributed by atoms with van der Waals surface area (Å²) in [7, 11) is 0. The summed E-state index contributed by atoms with van der Waals surface area (Å²) in [6.45, 7) is 0.688. The molecule has 0 spiro atoms. The Bertz CT molecular complexity index is 389. The maximum absolute atomic E-state index is 11.8. The zero-order chi connectivity index (χ0) is 12.3. The predicted molar refractivity (Wildman–Crippen MR) is 65.8 cm³/mol. The second kappa shape index (κ2) is 5.19. The molecule has 4 heteroatoms. The topological polar surface area (TPSA) is 75.3 Å². The van der Waals surface area contributed by atoms with Crippen molar-refractivity contribution in [3.63, 3.8) is 0 Å². The average Bonchev–Trinajstić information content (AvgIpc) is 2.73. The van der Waals surface area contributed by atoms with E-state index in [9.17, 15) is 4.79 Å². The molecule has 1 amide bonds. The van der Waals surface area contributed by atoms with Crippen LogP contribution in [0, 0.1) is 5.92 Å². The van der Waals surface area contributed by atoms with Gasteiger partial charge in [-0.15, -0.1) is 0 Å². The molecule has 4 N–H and O–H groups in total. The first kappa shape index (κ1) is 11.9. The van der Waals surface area contributed by atoms with E-state index < -0.39 is 0 Å². The van der Waals surface area contributed by atoms with Gasteiger partial charge in [0.15, 0.2) is 0 Å². The van der Waals surface area contributed by atoms with Crippen LogP contribution in [-0.4, -0.2) is 23.6 Å². The van der Waals surface area contributed by atoms with Crippen LogP contribution in [-0.2, 0) is 0 Å². The fourth-order valence-electron chi connectivity index (χ4n) is 2.25. The van der Waals surface area contributed by atoms with E-state index in [1.807, 2.05) is 0 Å². The standard InChI is InChI=1S/C13H18N2O2/c14-11-4-1-9(7-11)8-15-13(17)10-2-5-12(16)6-3-10/h2-3,5-6,9,11,16H,1,4,7-8,14H2,(H,15,17). The van der Waals surface area contributed by atoms with E-state index >= 15 is 0 Å². The molecule has 2 rings (SSSR count). The van der Waals surface area contributed by atoms with E-state index in [1.54, 1.807) is 12.1 Å². The number of phenols is 1. The molecule has 1 saturated carbocycles. The lowest BCUT2D eigenvalue weighted by atomic mass is 10.1. The Morgan fingerprint density at radius 1 is 1.35 bits per heavy atom. The van der Waals surface area contributed by atoms with Gasteiger partial charge in [-0.2, -0.15) is 0 Å². The first-order chi connectivity index (χ1) is 8.15. The zero-order valence-corrected chi connectivity index (χ0v) is 9.73. The predicted octanol–water partition coefficient (Wildman–Crippen LogP) is 1.25. The molecule has 1 aliphatic rings. The fourth-order valence-corrected chi connectivity index (χ4v) is 2.25. The quantitative estimate of drug-likeness (QED) is 0.736. The van der Waals surface area contributed by atoms with Crippen molar-refractivity contribution in [3.8, 4) is 5.75 Å². The number of aromatic hydroxyl groups is 1. The van der Waals surface area contributed by atoms with Crippen molar-refractivity contribution in [2.45, 2.75) is 25.3 Å². The molecule has 2 unspecified atom stereocenters. The van der Waals surface area contributed by atoms with Gasteiger partial charge in [-0.1, -0.05) is 0 Å². The minimum Gasteiger partial charge on any atom is -0.508 e. The molecule has 0 radical (unpaired) electrons. The number of nitrogens with two attached hydrogens (primary N) is 1. The van der Waals surface area contributed by atoms with Crippen molar-refractivity contribution >= 4 is 5.91 Å². The Balaban J connectivity index is 1.83. The van der Waals surface area contributed by atoms with Gasteiger partial charge < -0.3 is 16.2 Å². The van der Waals surface area contributed by atoms with Crippen molar-refractivity contribution in [2.75, 3.05) is 6.54 Å². The number of hydrogen-bond acceptors (Lipinski definition) is 3. The van der Waals surface area contributed by atoms with Crippen LogP contribution >= 0.6 is 0 Å². The zero-order valence-electron chi connectivity index (χ0n) is 9.73. The Kier molecular flexibility index (Phi) is 3.64. The van der Waals surface area contributed by atoms with Gasteiger partial charge in [0, 0.05) is 18.2 Å². The van der Waals surface area contributed by atoms with E-state index in [1.165, 1.54) is 12.1 Å². The number of rotatable bonds is 3. The fraction of sp³-hybridized carbons (Fsp3) is 0.462. The first-order valence-electron chi connectivity index (χ1n) is 5.98. The molecule has 0 saturated heterocycles. The van der Waals surface area contributed by atoms with Gasteiger partial charge in [0.05, 0.1) is 0 Å². The highest BCUT2D eigenvalue weighted by Crippen LogP contribution is 2.23. The molecule has 4 nitrogen and oxygen atoms in total. The third kappa shape index (κ3) is 3.20. The third-order valence-corrected chi connectivity index (χ3v) is 3.26. The normalized spacial score (nSPS) is 23.6. The monoisotopic (exact) mass is 234 g/mol. The van der Waals surface area contributed by atoms with Crippen LogP contribution in [0.1, 0.15) is 29.6 Å². The Labute approximate surface area is 101 Å². The first-order valence-corrected chi connectivity index (χ1v) is 5.98. The smallest absolute Gasteiger partial charge is 0.251 e. The second-order valence-corrected chi connectivity index (χ2v) is 4.70. The summed E-state index contributed by atoms with van der Waals surface area (Å²) in [6, 6.07) is 6.56. The molecule has 1 aromatic rings. The van der Waals surface area contributed by atoms with E-state index in [0.29, 0.717) is 24.1 Å². The lowest BCUT2D eigenvalue weighted by Crippen LogP contribution is -2.29. The van der Waals surface area contributed by atoms with Gasteiger partial charge in [-0.25, -0.2) is 0 Å². The summed E-state index contributed by atoms with van der Waals surface area (Å²) in [5.74, 6) is 0.583. The number of hydrogen-bond donors (Lipinski definition) is 3. The second-order valence-electron chi connectivity index (χ2n) is 4.70. The molecular weight excluding hydrogens is 216 g/mol. The molecule has 1 aromatic carbocycles. The summed E-state index contributed by atoms with van der Waals surface area (Å²) in [4.78, 5) is 11.8. The number of carbonyl (C=O) groups excluding carboxylic acids is 1. The van der Waals surface area contributed by atoms with Gasteiger partial charge in [-0.3, -0.25) is 4.79 Å². The maximum atomic E-state index is 11.8. The van der Waals surface area contributed by atoms with Crippen molar-refractivity contribution in [1.82, 2.24) is 5.32 Å². The Morgan fingerprint density at radius 2 is 2.06 bits per heavy atom. The molecule has 1 aliphatic carbocycles. The summed E-state index contributed by atoms with van der Waals surface area (Å²) in [5.41, 5.74) is 6.39. The van der Waals surface area contributed by atoms with Crippen LogP contribution in [0.2, 0.25) is 0 Å². The number of phenolic OH excluding ortho intramolecular Hbond substituents is 1. The van der Waals surface area contributed by atoms with Gasteiger partial charge in [0.2, 0.25) is 0 Å². The van der Waals surface area contributed by atoms with Crippen LogP contribution < -0.4 is 11.1 Å². The highest BCUT2D eigenvalue weighted by Gasteiger charge is 2.21. The molecule has 0 heterocycles. The number of benzene rings is 1. The van der Waals surface area contributed by atoms with Gasteiger partial charge >= 0.3 is 0 Å². The van der Waals surface area contributed by atoms with Crippen LogP contribution in [0.3, 0.4) is 0 Å². The Hall–Kier alpha value is -1.55. The molecule has 17 heavy (non-hydrogen) atoms. The summed E-state index contributed by atoms with van der Waals surface area (Å²) in [5, 5.41) is 12.0. The van der Waals surface area contributed by atoms with Crippen LogP contribution in [0.25, 0.3) is 0 Å². The van der Waals surface area contributed by atoms with E-state index in [-0.39, 0.29) is 11.7 Å². The highest BCUT2D eigenvalue weighted by atomic mass is 16.3. The minimum absolute atomic E-state index is 0.0922. The highest BCUT2D eigenvalue weighted by molar-refractivity contribution is 5.94. The van der Waals surface area contributed by atoms with Gasteiger partial charge in [0.25, 0.3) is 5.91 Å². The van der Waals surface area contributed by atoms with Crippen molar-refractivity contribution in [3.05, 3.63) is 29.8 Å². The third-order valence-electron chi connectivity index (χ3n) is 3.26. The molecular formula is C13H18N2O2. The summed E-state index contributed by atoms with van der Waals surface area (Å²) >= 11 is 0. The number of amides is 1. The molecule has 92 valence electrons. The van der Waals surface area contributed by atoms with Crippen LogP contribution in [0.4, 0.5) is 0 Å². The Morgan fingerprint density at radius 3 is 2.65 bits per heavy atom. The van der Waals surface area contributed by atoms with E-state index in [4.69, 9.17) is 10.8 Å². The SMILES string of the molecule is NC1CCC(CNC(=O)c2ccc(O)cc2)C1. The van der Waals surface area contributed by atoms with Crippen molar-refractivity contribution < 1.29 is 9.90 Å². The van der Waals surface area contributed by atoms with Crippen LogP contribution in [0.15, 0.2) is 24.3 Å². The van der Waals surface area contributed by atoms with Crippen LogP contribution in [0.5, 0.6) is 5.75 Å².